The topological polar surface area (TPSA) is 87.9 Å². The second-order valence-electron chi connectivity index (χ2n) is 8.01. The van der Waals surface area contributed by atoms with Gasteiger partial charge in [0.15, 0.2) is 0 Å². The molecule has 34 heavy (non-hydrogen) atoms. The van der Waals surface area contributed by atoms with E-state index in [-0.39, 0.29) is 12.6 Å². The van der Waals surface area contributed by atoms with Gasteiger partial charge in [-0.25, -0.2) is 0 Å². The van der Waals surface area contributed by atoms with Crippen LogP contribution in [0.5, 0.6) is 5.75 Å². The van der Waals surface area contributed by atoms with Crippen LogP contribution in [0.25, 0.3) is 0 Å². The number of esters is 1. The van der Waals surface area contributed by atoms with Gasteiger partial charge in [0.1, 0.15) is 5.75 Å². The van der Waals surface area contributed by atoms with Gasteiger partial charge in [0.25, 0.3) is 5.09 Å². The van der Waals surface area contributed by atoms with Crippen molar-refractivity contribution in [2.24, 2.45) is 5.92 Å². The van der Waals surface area contributed by atoms with Crippen molar-refractivity contribution in [3.05, 3.63) is 63.7 Å². The van der Waals surface area contributed by atoms with Crippen molar-refractivity contribution >= 4 is 17.6 Å². The van der Waals surface area contributed by atoms with E-state index in [4.69, 9.17) is 21.1 Å². The van der Waals surface area contributed by atoms with Crippen molar-refractivity contribution in [1.82, 2.24) is 0 Å². The Morgan fingerprint density at radius 3 is 2.59 bits per heavy atom. The van der Waals surface area contributed by atoms with Crippen molar-refractivity contribution < 1.29 is 24.2 Å². The first-order valence-corrected chi connectivity index (χ1v) is 12.5. The first-order chi connectivity index (χ1) is 16.5. The number of rotatable bonds is 15. The predicted octanol–water partition coefficient (Wildman–Crippen LogP) is 7.12. The average molecular weight is 496 g/mol. The molecule has 1 aliphatic carbocycles. The molecular weight excluding hydrogens is 458 g/mol. The molecule has 8 heteroatoms. The summed E-state index contributed by atoms with van der Waals surface area (Å²) in [7, 11) is 0. The van der Waals surface area contributed by atoms with Crippen molar-refractivity contribution in [2.45, 2.75) is 71.1 Å². The van der Waals surface area contributed by atoms with E-state index < -0.39 is 5.09 Å². The van der Waals surface area contributed by atoms with E-state index in [1.807, 2.05) is 43.3 Å². The second-order valence-corrected chi connectivity index (χ2v) is 8.45. The highest BCUT2D eigenvalue weighted by molar-refractivity contribution is 6.30. The zero-order valence-electron chi connectivity index (χ0n) is 20.2. The molecule has 0 saturated heterocycles. The SMILES string of the molecule is C/C=C\CCCC(=O)OCCCCO[N+](=O)[O-].Clc1cccc(OCC/C=C/C2CCCC2)c1. The van der Waals surface area contributed by atoms with E-state index in [0.29, 0.717) is 25.9 Å². The Hall–Kier alpha value is -2.54. The maximum absolute atomic E-state index is 11.2. The van der Waals surface area contributed by atoms with E-state index in [1.54, 1.807) is 0 Å². The summed E-state index contributed by atoms with van der Waals surface area (Å²) < 4.78 is 10.6. The molecule has 0 unspecified atom stereocenters. The lowest BCUT2D eigenvalue weighted by Gasteiger charge is -2.05. The highest BCUT2D eigenvalue weighted by Gasteiger charge is 2.10. The summed E-state index contributed by atoms with van der Waals surface area (Å²) in [6, 6.07) is 7.55. The number of benzene rings is 1. The smallest absolute Gasteiger partial charge is 0.305 e. The van der Waals surface area contributed by atoms with E-state index >= 15 is 0 Å². The van der Waals surface area contributed by atoms with Crippen LogP contribution in [-0.2, 0) is 14.4 Å². The van der Waals surface area contributed by atoms with Crippen molar-refractivity contribution in [2.75, 3.05) is 19.8 Å². The van der Waals surface area contributed by atoms with Crippen molar-refractivity contribution in [3.8, 4) is 5.75 Å². The number of allylic oxidation sites excluding steroid dienone is 3. The quantitative estimate of drug-likeness (QED) is 0.0845. The summed E-state index contributed by atoms with van der Waals surface area (Å²) >= 11 is 5.88. The van der Waals surface area contributed by atoms with Gasteiger partial charge in [-0.1, -0.05) is 54.8 Å². The summed E-state index contributed by atoms with van der Waals surface area (Å²) in [6.45, 7) is 3.00. The van der Waals surface area contributed by atoms with Crippen LogP contribution in [0, 0.1) is 16.0 Å². The van der Waals surface area contributed by atoms with Gasteiger partial charge in [-0.15, -0.1) is 10.1 Å². The molecule has 0 spiro atoms. The average Bonchev–Trinajstić information content (AvgIpc) is 3.33. The van der Waals surface area contributed by atoms with Crippen LogP contribution < -0.4 is 4.74 Å². The Morgan fingerprint density at radius 1 is 1.12 bits per heavy atom. The Bertz CT molecular complexity index is 747. The molecule has 190 valence electrons. The number of carbonyl (C=O) groups excluding carboxylic acids is 1. The summed E-state index contributed by atoms with van der Waals surface area (Å²) in [5.74, 6) is 1.46. The van der Waals surface area contributed by atoms with Crippen LogP contribution in [0.1, 0.15) is 71.1 Å². The molecule has 2 rings (SSSR count). The third-order valence-corrected chi connectivity index (χ3v) is 5.38. The van der Waals surface area contributed by atoms with Gasteiger partial charge in [0.05, 0.1) is 19.8 Å². The molecule has 0 radical (unpaired) electrons. The van der Waals surface area contributed by atoms with Gasteiger partial charge >= 0.3 is 5.97 Å². The first kappa shape index (κ1) is 29.5. The number of hydrogen-bond acceptors (Lipinski definition) is 6. The predicted molar refractivity (Wildman–Crippen MR) is 134 cm³/mol. The lowest BCUT2D eigenvalue weighted by Crippen LogP contribution is -2.07. The number of hydrogen-bond donors (Lipinski definition) is 0. The van der Waals surface area contributed by atoms with Gasteiger partial charge in [0.2, 0.25) is 0 Å². The number of ether oxygens (including phenoxy) is 2. The summed E-state index contributed by atoms with van der Waals surface area (Å²) in [5.41, 5.74) is 0. The molecule has 1 aromatic carbocycles. The van der Waals surface area contributed by atoms with Crippen molar-refractivity contribution in [1.29, 1.82) is 0 Å². The lowest BCUT2D eigenvalue weighted by atomic mass is 10.1. The first-order valence-electron chi connectivity index (χ1n) is 12.1. The molecular formula is C26H38ClNO6. The molecule has 0 N–H and O–H groups in total. The van der Waals surface area contributed by atoms with Crippen LogP contribution in [0.15, 0.2) is 48.6 Å². The molecule has 0 atom stereocenters. The van der Waals surface area contributed by atoms with E-state index in [1.165, 1.54) is 25.7 Å². The molecule has 0 amide bonds. The molecule has 1 aromatic rings. The molecule has 0 bridgehead atoms. The van der Waals surface area contributed by atoms with Gasteiger partial charge in [-0.3, -0.25) is 4.79 Å². The molecule has 0 aliphatic heterocycles. The molecule has 1 aliphatic rings. The van der Waals surface area contributed by atoms with Crippen molar-refractivity contribution in [3.63, 3.8) is 0 Å². The standard InChI is InChI=1S/C15H19ClO.C11H19NO5/c16-14-9-5-10-15(12-14)17-11-4-3-8-13-6-1-2-7-13;1-2-3-4-5-8-11(13)16-9-6-7-10-17-12(14)15/h3,5,8-10,12-13H,1-2,4,6-7,11H2;2-3H,4-10H2,1H3/b8-3+;3-2-. The maximum atomic E-state index is 11.2. The number of carbonyl (C=O) groups is 1. The third-order valence-electron chi connectivity index (χ3n) is 5.14. The highest BCUT2D eigenvalue weighted by Crippen LogP contribution is 2.25. The van der Waals surface area contributed by atoms with Crippen LogP contribution in [0.4, 0.5) is 0 Å². The van der Waals surface area contributed by atoms with E-state index in [9.17, 15) is 14.9 Å². The number of unbranched alkanes of at least 4 members (excludes halogenated alkanes) is 2. The minimum absolute atomic E-state index is 0.0475. The van der Waals surface area contributed by atoms with Gasteiger partial charge in [0, 0.05) is 11.4 Å². The minimum atomic E-state index is -0.826. The highest BCUT2D eigenvalue weighted by atomic mass is 35.5. The molecule has 7 nitrogen and oxygen atoms in total. The van der Waals surface area contributed by atoms with Crippen LogP contribution in [0.3, 0.4) is 0 Å². The lowest BCUT2D eigenvalue weighted by molar-refractivity contribution is -0.757. The zero-order chi connectivity index (χ0) is 24.9. The summed E-state index contributed by atoms with van der Waals surface area (Å²) in [5, 5.41) is 9.70. The van der Waals surface area contributed by atoms with Crippen LogP contribution >= 0.6 is 11.6 Å². The molecule has 1 saturated carbocycles. The Kier molecular flexibility index (Phi) is 17.2. The normalized spacial score (nSPS) is 13.6. The molecule has 0 heterocycles. The Balaban J connectivity index is 0.000000340. The van der Waals surface area contributed by atoms with Gasteiger partial charge < -0.3 is 14.3 Å². The van der Waals surface area contributed by atoms with Gasteiger partial charge in [-0.2, -0.15) is 0 Å². The molecule has 1 fully saturated rings. The van der Waals surface area contributed by atoms with Gasteiger partial charge in [-0.05, 0) is 76.0 Å². The zero-order valence-corrected chi connectivity index (χ0v) is 20.9. The number of halogens is 1. The fraction of sp³-hybridized carbons (Fsp3) is 0.577. The number of nitrogens with zero attached hydrogens (tertiary/aromatic N) is 1. The minimum Gasteiger partial charge on any atom is -0.493 e. The summed E-state index contributed by atoms with van der Waals surface area (Å²) in [4.78, 5) is 25.1. The third kappa shape index (κ3) is 17.0. The Morgan fingerprint density at radius 2 is 1.88 bits per heavy atom. The van der Waals surface area contributed by atoms with E-state index in [0.717, 1.165) is 42.6 Å². The fourth-order valence-corrected chi connectivity index (χ4v) is 3.55. The Labute approximate surface area is 208 Å². The summed E-state index contributed by atoms with van der Waals surface area (Å²) in [6.07, 6.45) is 18.2. The fourth-order valence-electron chi connectivity index (χ4n) is 3.37. The maximum Gasteiger partial charge on any atom is 0.305 e. The second kappa shape index (κ2) is 19.9. The monoisotopic (exact) mass is 495 g/mol. The van der Waals surface area contributed by atoms with Crippen LogP contribution in [0.2, 0.25) is 5.02 Å². The van der Waals surface area contributed by atoms with Crippen LogP contribution in [-0.4, -0.2) is 30.9 Å². The largest absolute Gasteiger partial charge is 0.493 e. The molecule has 0 aromatic heterocycles. The van der Waals surface area contributed by atoms with E-state index in [2.05, 4.69) is 17.0 Å².